The van der Waals surface area contributed by atoms with Crippen molar-refractivity contribution < 1.29 is 14.0 Å². The molecule has 6 nitrogen and oxygen atoms in total. The molecule has 2 heterocycles. The van der Waals surface area contributed by atoms with Crippen LogP contribution in [-0.2, 0) is 16.0 Å². The number of halogens is 1. The first kappa shape index (κ1) is 21.2. The minimum atomic E-state index is -0.502. The summed E-state index contributed by atoms with van der Waals surface area (Å²) in [5.41, 5.74) is 3.96. The number of rotatable bonds is 4. The van der Waals surface area contributed by atoms with Gasteiger partial charge < -0.3 is 20.4 Å². The van der Waals surface area contributed by atoms with E-state index < -0.39 is 6.04 Å². The Labute approximate surface area is 182 Å². The molecule has 2 unspecified atom stereocenters. The first-order valence-electron chi connectivity index (χ1n) is 10.8. The van der Waals surface area contributed by atoms with E-state index in [0.29, 0.717) is 24.2 Å². The van der Waals surface area contributed by atoms with Crippen molar-refractivity contribution in [1.29, 1.82) is 0 Å². The lowest BCUT2D eigenvalue weighted by Gasteiger charge is -2.42. The number of aryl methyl sites for hydroxylation is 1. The molecule has 2 aromatic carbocycles. The summed E-state index contributed by atoms with van der Waals surface area (Å²) in [5, 5.41) is 6.14. The molecule has 0 aliphatic carbocycles. The summed E-state index contributed by atoms with van der Waals surface area (Å²) in [5.74, 6) is -0.343. The summed E-state index contributed by atoms with van der Waals surface area (Å²) in [6, 6.07) is 10.6. The molecule has 2 N–H and O–H groups in total. The van der Waals surface area contributed by atoms with Crippen LogP contribution >= 0.6 is 0 Å². The molecule has 2 aliphatic heterocycles. The molecule has 164 valence electrons. The van der Waals surface area contributed by atoms with E-state index in [0.717, 1.165) is 36.4 Å². The van der Waals surface area contributed by atoms with Gasteiger partial charge in [-0.1, -0.05) is 19.1 Å². The summed E-state index contributed by atoms with van der Waals surface area (Å²) in [7, 11) is 0. The molecule has 7 heteroatoms. The van der Waals surface area contributed by atoms with Gasteiger partial charge in [0.15, 0.2) is 0 Å². The average Bonchev–Trinajstić information content (AvgIpc) is 3.23. The molecule has 2 atom stereocenters. The van der Waals surface area contributed by atoms with E-state index in [-0.39, 0.29) is 23.7 Å². The fourth-order valence-electron chi connectivity index (χ4n) is 4.59. The topological polar surface area (TPSA) is 64.7 Å². The maximum Gasteiger partial charge on any atom is 0.247 e. The van der Waals surface area contributed by atoms with Crippen LogP contribution in [0.2, 0.25) is 0 Å². The minimum absolute atomic E-state index is 0.115. The highest BCUT2D eigenvalue weighted by Crippen LogP contribution is 2.32. The van der Waals surface area contributed by atoms with Gasteiger partial charge in [0, 0.05) is 61.6 Å². The second-order valence-corrected chi connectivity index (χ2v) is 8.38. The highest BCUT2D eigenvalue weighted by Gasteiger charge is 2.31. The third kappa shape index (κ3) is 4.22. The van der Waals surface area contributed by atoms with Gasteiger partial charge in [0.05, 0.1) is 0 Å². The molecule has 0 aromatic heterocycles. The van der Waals surface area contributed by atoms with Crippen LogP contribution in [0, 0.1) is 12.7 Å². The molecule has 2 aliphatic rings. The van der Waals surface area contributed by atoms with Gasteiger partial charge in [0.2, 0.25) is 11.8 Å². The smallest absolute Gasteiger partial charge is 0.247 e. The standard InChI is InChI=1S/C24H29FN4O2/c1-4-18-14-28(10-11-29(18)16(3)30)19-7-5-6-17(12-19)26-24(31)22-13-20-21(25)9-8-15(2)23(20)27-22/h5-9,12,18,22,27H,4,10-11,13-14H2,1-3H3,(H,26,31). The maximum absolute atomic E-state index is 14.1. The monoisotopic (exact) mass is 424 g/mol. The Morgan fingerprint density at radius 2 is 2.03 bits per heavy atom. The van der Waals surface area contributed by atoms with Gasteiger partial charge in [0.1, 0.15) is 11.9 Å². The average molecular weight is 425 g/mol. The molecule has 0 saturated carbocycles. The molecule has 4 rings (SSSR count). The van der Waals surface area contributed by atoms with E-state index in [2.05, 4.69) is 22.5 Å². The van der Waals surface area contributed by atoms with E-state index >= 15 is 0 Å². The van der Waals surface area contributed by atoms with Crippen LogP contribution in [0.5, 0.6) is 0 Å². The van der Waals surface area contributed by atoms with Gasteiger partial charge in [-0.05, 0) is 43.2 Å². The fraction of sp³-hybridized carbons (Fsp3) is 0.417. The van der Waals surface area contributed by atoms with Gasteiger partial charge in [-0.3, -0.25) is 9.59 Å². The summed E-state index contributed by atoms with van der Waals surface area (Å²) in [6.07, 6.45) is 1.23. The number of nitrogens with zero attached hydrogens (tertiary/aromatic N) is 2. The number of hydrogen-bond donors (Lipinski definition) is 2. The van der Waals surface area contributed by atoms with E-state index in [4.69, 9.17) is 0 Å². The van der Waals surface area contributed by atoms with Crippen LogP contribution in [0.25, 0.3) is 0 Å². The fourth-order valence-corrected chi connectivity index (χ4v) is 4.59. The van der Waals surface area contributed by atoms with Crippen molar-refractivity contribution in [1.82, 2.24) is 4.90 Å². The molecule has 2 aromatic rings. The molecular weight excluding hydrogens is 395 g/mol. The predicted molar refractivity (Wildman–Crippen MR) is 121 cm³/mol. The lowest BCUT2D eigenvalue weighted by atomic mass is 10.1. The zero-order valence-electron chi connectivity index (χ0n) is 18.2. The molecular formula is C24H29FN4O2. The van der Waals surface area contributed by atoms with Gasteiger partial charge in [-0.25, -0.2) is 4.39 Å². The largest absolute Gasteiger partial charge is 0.373 e. The van der Waals surface area contributed by atoms with Crippen LogP contribution in [0.15, 0.2) is 36.4 Å². The summed E-state index contributed by atoms with van der Waals surface area (Å²) in [6.45, 7) is 7.84. The molecule has 0 radical (unpaired) electrons. The van der Waals surface area contributed by atoms with Crippen LogP contribution in [-0.4, -0.2) is 48.4 Å². The third-order valence-corrected chi connectivity index (χ3v) is 6.34. The second-order valence-electron chi connectivity index (χ2n) is 8.38. The van der Waals surface area contributed by atoms with Crippen LogP contribution in [0.3, 0.4) is 0 Å². The van der Waals surface area contributed by atoms with Crippen molar-refractivity contribution >= 4 is 28.9 Å². The first-order valence-corrected chi connectivity index (χ1v) is 10.8. The lowest BCUT2D eigenvalue weighted by molar-refractivity contribution is -0.131. The number of piperazine rings is 1. The number of fused-ring (bicyclic) bond motifs is 1. The highest BCUT2D eigenvalue weighted by atomic mass is 19.1. The van der Waals surface area contributed by atoms with Gasteiger partial charge in [0.25, 0.3) is 0 Å². The highest BCUT2D eigenvalue weighted by molar-refractivity contribution is 5.98. The van der Waals surface area contributed by atoms with Crippen molar-refractivity contribution in [3.05, 3.63) is 53.3 Å². The Bertz CT molecular complexity index is 978. The van der Waals surface area contributed by atoms with Crippen LogP contribution in [0.4, 0.5) is 21.5 Å². The SMILES string of the molecule is CCC1CN(c2cccc(NC(=O)C3Cc4c(F)ccc(C)c4N3)c2)CCN1C(C)=O. The number of carbonyl (C=O) groups excluding carboxylic acids is 2. The van der Waals surface area contributed by atoms with E-state index in [1.165, 1.54) is 6.07 Å². The molecule has 2 amide bonds. The third-order valence-electron chi connectivity index (χ3n) is 6.34. The Kier molecular flexibility index (Phi) is 5.85. The number of nitrogens with one attached hydrogen (secondary N) is 2. The zero-order valence-corrected chi connectivity index (χ0v) is 18.2. The molecule has 0 bridgehead atoms. The number of anilines is 3. The molecule has 1 fully saturated rings. The van der Waals surface area contributed by atoms with Crippen molar-refractivity contribution in [2.75, 3.05) is 35.2 Å². The Morgan fingerprint density at radius 1 is 1.23 bits per heavy atom. The lowest BCUT2D eigenvalue weighted by Crippen LogP contribution is -2.54. The summed E-state index contributed by atoms with van der Waals surface area (Å²) in [4.78, 5) is 28.9. The maximum atomic E-state index is 14.1. The van der Waals surface area contributed by atoms with E-state index in [1.54, 1.807) is 13.0 Å². The van der Waals surface area contributed by atoms with Crippen molar-refractivity contribution in [2.24, 2.45) is 0 Å². The van der Waals surface area contributed by atoms with Crippen LogP contribution < -0.4 is 15.5 Å². The number of amides is 2. The van der Waals surface area contributed by atoms with Crippen molar-refractivity contribution in [2.45, 2.75) is 45.7 Å². The number of benzene rings is 2. The molecule has 0 spiro atoms. The quantitative estimate of drug-likeness (QED) is 0.788. The van der Waals surface area contributed by atoms with Crippen molar-refractivity contribution in [3.63, 3.8) is 0 Å². The summed E-state index contributed by atoms with van der Waals surface area (Å²) < 4.78 is 14.1. The minimum Gasteiger partial charge on any atom is -0.373 e. The zero-order chi connectivity index (χ0) is 22.1. The number of carbonyl (C=O) groups is 2. The predicted octanol–water partition coefficient (Wildman–Crippen LogP) is 3.56. The molecule has 1 saturated heterocycles. The van der Waals surface area contributed by atoms with Gasteiger partial charge in [-0.15, -0.1) is 0 Å². The van der Waals surface area contributed by atoms with Gasteiger partial charge in [-0.2, -0.15) is 0 Å². The van der Waals surface area contributed by atoms with E-state index in [9.17, 15) is 14.0 Å². The Balaban J connectivity index is 1.44. The van der Waals surface area contributed by atoms with Crippen LogP contribution in [0.1, 0.15) is 31.4 Å². The normalized spacial score (nSPS) is 20.3. The Morgan fingerprint density at radius 3 is 2.74 bits per heavy atom. The van der Waals surface area contributed by atoms with Gasteiger partial charge >= 0.3 is 0 Å². The second kappa shape index (κ2) is 8.57. The Hall–Kier alpha value is -3.09. The van der Waals surface area contributed by atoms with Crippen molar-refractivity contribution in [3.8, 4) is 0 Å². The first-order chi connectivity index (χ1) is 14.9. The van der Waals surface area contributed by atoms with E-state index in [1.807, 2.05) is 36.1 Å². The summed E-state index contributed by atoms with van der Waals surface area (Å²) >= 11 is 0. The molecule has 31 heavy (non-hydrogen) atoms. The number of hydrogen-bond acceptors (Lipinski definition) is 4.